The molecular weight excluding hydrogens is 196 g/mol. The summed E-state index contributed by atoms with van der Waals surface area (Å²) < 4.78 is 0. The van der Waals surface area contributed by atoms with E-state index in [0.29, 0.717) is 0 Å². The Balaban J connectivity index is 2.68. The summed E-state index contributed by atoms with van der Waals surface area (Å²) in [6.07, 6.45) is 1.20. The molecule has 1 aromatic rings. The van der Waals surface area contributed by atoms with Crippen LogP contribution in [0.15, 0.2) is 24.3 Å². The van der Waals surface area contributed by atoms with E-state index in [2.05, 4.69) is 31.7 Å². The Morgan fingerprint density at radius 1 is 1.25 bits per heavy atom. The van der Waals surface area contributed by atoms with Crippen molar-refractivity contribution < 1.29 is 0 Å². The van der Waals surface area contributed by atoms with Gasteiger partial charge in [0.1, 0.15) is 0 Å². The number of benzene rings is 1. The van der Waals surface area contributed by atoms with Crippen LogP contribution in [-0.2, 0) is 0 Å². The first-order chi connectivity index (χ1) is 7.67. The number of nitriles is 1. The fourth-order valence-corrected chi connectivity index (χ4v) is 1.63. The van der Waals surface area contributed by atoms with E-state index >= 15 is 0 Å². The van der Waals surface area contributed by atoms with E-state index in [1.807, 2.05) is 24.3 Å². The standard InChI is InChI=1S/C14H20N2/c1-4-16(10-9-12(2)3)14-7-5-13(11-15)6-8-14/h5-8,12H,4,9-10H2,1-3H3. The van der Waals surface area contributed by atoms with Crippen molar-refractivity contribution >= 4 is 5.69 Å². The van der Waals surface area contributed by atoms with Gasteiger partial charge < -0.3 is 4.90 Å². The number of hydrogen-bond acceptors (Lipinski definition) is 2. The van der Waals surface area contributed by atoms with Crippen LogP contribution in [0.5, 0.6) is 0 Å². The first-order valence-electron chi connectivity index (χ1n) is 5.92. The average Bonchev–Trinajstić information content (AvgIpc) is 2.30. The van der Waals surface area contributed by atoms with E-state index < -0.39 is 0 Å². The fourth-order valence-electron chi connectivity index (χ4n) is 1.63. The fraction of sp³-hybridized carbons (Fsp3) is 0.500. The van der Waals surface area contributed by atoms with Gasteiger partial charge >= 0.3 is 0 Å². The third kappa shape index (κ3) is 3.58. The van der Waals surface area contributed by atoms with Gasteiger partial charge in [-0.1, -0.05) is 13.8 Å². The molecule has 1 aromatic carbocycles. The molecule has 2 heteroatoms. The van der Waals surface area contributed by atoms with Crippen LogP contribution >= 0.6 is 0 Å². The highest BCUT2D eigenvalue weighted by atomic mass is 15.1. The smallest absolute Gasteiger partial charge is 0.0991 e. The zero-order chi connectivity index (χ0) is 12.0. The molecule has 16 heavy (non-hydrogen) atoms. The maximum atomic E-state index is 8.74. The van der Waals surface area contributed by atoms with Gasteiger partial charge in [0.15, 0.2) is 0 Å². The molecule has 0 radical (unpaired) electrons. The number of anilines is 1. The molecule has 0 atom stereocenters. The molecule has 0 unspecified atom stereocenters. The molecule has 0 bridgehead atoms. The molecule has 86 valence electrons. The Labute approximate surface area is 98.5 Å². The monoisotopic (exact) mass is 216 g/mol. The van der Waals surface area contributed by atoms with Crippen LogP contribution in [0, 0.1) is 17.2 Å². The van der Waals surface area contributed by atoms with Gasteiger partial charge in [-0.2, -0.15) is 5.26 Å². The van der Waals surface area contributed by atoms with Crippen LogP contribution in [0.25, 0.3) is 0 Å². The minimum atomic E-state index is 0.726. The normalized spacial score (nSPS) is 10.2. The molecule has 0 aliphatic heterocycles. The van der Waals surface area contributed by atoms with Gasteiger partial charge in [-0.15, -0.1) is 0 Å². The lowest BCUT2D eigenvalue weighted by Crippen LogP contribution is -2.24. The Morgan fingerprint density at radius 2 is 1.88 bits per heavy atom. The predicted molar refractivity (Wildman–Crippen MR) is 68.5 cm³/mol. The SMILES string of the molecule is CCN(CCC(C)C)c1ccc(C#N)cc1. The Bertz CT molecular complexity index is 346. The number of rotatable bonds is 5. The summed E-state index contributed by atoms with van der Waals surface area (Å²) in [5.74, 6) is 0.729. The van der Waals surface area contributed by atoms with E-state index in [-0.39, 0.29) is 0 Å². The molecule has 0 amide bonds. The third-order valence-electron chi connectivity index (χ3n) is 2.72. The highest BCUT2D eigenvalue weighted by molar-refractivity contribution is 5.49. The summed E-state index contributed by atoms with van der Waals surface area (Å²) in [5, 5.41) is 8.74. The molecule has 0 aromatic heterocycles. The summed E-state index contributed by atoms with van der Waals surface area (Å²) in [4.78, 5) is 2.35. The second-order valence-electron chi connectivity index (χ2n) is 4.42. The topological polar surface area (TPSA) is 27.0 Å². The van der Waals surface area contributed by atoms with Gasteiger partial charge in [0, 0.05) is 18.8 Å². The molecule has 2 nitrogen and oxygen atoms in total. The lowest BCUT2D eigenvalue weighted by Gasteiger charge is -2.24. The van der Waals surface area contributed by atoms with Crippen molar-refractivity contribution in [3.63, 3.8) is 0 Å². The lowest BCUT2D eigenvalue weighted by atomic mass is 10.1. The van der Waals surface area contributed by atoms with Gasteiger partial charge in [0.25, 0.3) is 0 Å². The summed E-state index contributed by atoms with van der Waals surface area (Å²) in [6, 6.07) is 9.97. The van der Waals surface area contributed by atoms with Gasteiger partial charge in [0.2, 0.25) is 0 Å². The predicted octanol–water partition coefficient (Wildman–Crippen LogP) is 3.43. The van der Waals surface area contributed by atoms with E-state index in [1.165, 1.54) is 12.1 Å². The van der Waals surface area contributed by atoms with E-state index in [0.717, 1.165) is 24.6 Å². The third-order valence-corrected chi connectivity index (χ3v) is 2.72. The molecule has 1 rings (SSSR count). The van der Waals surface area contributed by atoms with Gasteiger partial charge in [0.05, 0.1) is 11.6 Å². The van der Waals surface area contributed by atoms with Crippen LogP contribution < -0.4 is 4.90 Å². The van der Waals surface area contributed by atoms with Crippen molar-refractivity contribution in [2.45, 2.75) is 27.2 Å². The Hall–Kier alpha value is -1.49. The molecule has 0 fully saturated rings. The van der Waals surface area contributed by atoms with Crippen LogP contribution in [0.1, 0.15) is 32.8 Å². The van der Waals surface area contributed by atoms with Crippen LogP contribution in [-0.4, -0.2) is 13.1 Å². The minimum absolute atomic E-state index is 0.726. The minimum Gasteiger partial charge on any atom is -0.372 e. The zero-order valence-corrected chi connectivity index (χ0v) is 10.4. The van der Waals surface area contributed by atoms with Crippen molar-refractivity contribution in [2.24, 2.45) is 5.92 Å². The van der Waals surface area contributed by atoms with Crippen molar-refractivity contribution in [1.29, 1.82) is 5.26 Å². The molecule has 0 heterocycles. The maximum Gasteiger partial charge on any atom is 0.0991 e. The second-order valence-corrected chi connectivity index (χ2v) is 4.42. The van der Waals surface area contributed by atoms with E-state index in [4.69, 9.17) is 5.26 Å². The molecule has 0 saturated heterocycles. The summed E-state index contributed by atoms with van der Waals surface area (Å²) in [7, 11) is 0. The molecule has 0 saturated carbocycles. The number of nitrogens with zero attached hydrogens (tertiary/aromatic N) is 2. The molecule has 0 spiro atoms. The highest BCUT2D eigenvalue weighted by Gasteiger charge is 2.05. The van der Waals surface area contributed by atoms with Crippen molar-refractivity contribution in [2.75, 3.05) is 18.0 Å². The summed E-state index contributed by atoms with van der Waals surface area (Å²) >= 11 is 0. The van der Waals surface area contributed by atoms with Crippen molar-refractivity contribution in [3.8, 4) is 6.07 Å². The molecule has 0 aliphatic carbocycles. The van der Waals surface area contributed by atoms with E-state index in [9.17, 15) is 0 Å². The van der Waals surface area contributed by atoms with Crippen LogP contribution in [0.4, 0.5) is 5.69 Å². The summed E-state index contributed by atoms with van der Waals surface area (Å²) in [6.45, 7) is 8.75. The average molecular weight is 216 g/mol. The molecule has 0 N–H and O–H groups in total. The Kier molecular flexibility index (Phi) is 4.85. The Morgan fingerprint density at radius 3 is 2.31 bits per heavy atom. The van der Waals surface area contributed by atoms with Crippen molar-refractivity contribution in [3.05, 3.63) is 29.8 Å². The lowest BCUT2D eigenvalue weighted by molar-refractivity contribution is 0.576. The maximum absolute atomic E-state index is 8.74. The highest BCUT2D eigenvalue weighted by Crippen LogP contribution is 2.16. The van der Waals surface area contributed by atoms with Crippen LogP contribution in [0.2, 0.25) is 0 Å². The van der Waals surface area contributed by atoms with Crippen LogP contribution in [0.3, 0.4) is 0 Å². The van der Waals surface area contributed by atoms with Gasteiger partial charge in [-0.25, -0.2) is 0 Å². The molecular formula is C14H20N2. The van der Waals surface area contributed by atoms with Gasteiger partial charge in [-0.3, -0.25) is 0 Å². The first-order valence-corrected chi connectivity index (χ1v) is 5.92. The quantitative estimate of drug-likeness (QED) is 0.754. The second kappa shape index (κ2) is 6.17. The van der Waals surface area contributed by atoms with Crippen molar-refractivity contribution in [1.82, 2.24) is 0 Å². The largest absolute Gasteiger partial charge is 0.372 e. The first kappa shape index (κ1) is 12.6. The van der Waals surface area contributed by atoms with Gasteiger partial charge in [-0.05, 0) is 43.5 Å². The van der Waals surface area contributed by atoms with E-state index in [1.54, 1.807) is 0 Å². The molecule has 0 aliphatic rings. The zero-order valence-electron chi connectivity index (χ0n) is 10.4. The number of hydrogen-bond donors (Lipinski definition) is 0. The summed E-state index contributed by atoms with van der Waals surface area (Å²) in [5.41, 5.74) is 1.94.